The Kier molecular flexibility index (Phi) is 4.54. The molecule has 134 valence electrons. The van der Waals surface area contributed by atoms with Crippen LogP contribution in [0.2, 0.25) is 19.6 Å². The van der Waals surface area contributed by atoms with Gasteiger partial charge < -0.3 is 9.68 Å². The average molecular weight is 370 g/mol. The van der Waals surface area contributed by atoms with Gasteiger partial charge >= 0.3 is 7.69 Å². The Balaban J connectivity index is 2.06. The van der Waals surface area contributed by atoms with Crippen LogP contribution in [0.25, 0.3) is 32.7 Å². The van der Waals surface area contributed by atoms with Crippen LogP contribution >= 0.6 is 0 Å². The van der Waals surface area contributed by atoms with Gasteiger partial charge in [0.25, 0.3) is 0 Å². The van der Waals surface area contributed by atoms with E-state index in [2.05, 4.69) is 80.3 Å². The number of rotatable bonds is 4. The highest BCUT2D eigenvalue weighted by Crippen LogP contribution is 2.42. The van der Waals surface area contributed by atoms with Crippen LogP contribution in [0.5, 0.6) is 5.75 Å². The summed E-state index contributed by atoms with van der Waals surface area (Å²) in [5, 5.41) is 15.2. The zero-order valence-electron chi connectivity index (χ0n) is 16.0. The fraction of sp³-hybridized carbons (Fsp3) is 0.130. The van der Waals surface area contributed by atoms with E-state index in [1.165, 1.54) is 16.3 Å². The molecule has 0 saturated heterocycles. The molecule has 0 aliphatic rings. The lowest BCUT2D eigenvalue weighted by Gasteiger charge is -2.19. The van der Waals surface area contributed by atoms with Crippen molar-refractivity contribution in [2.45, 2.75) is 19.6 Å². The van der Waals surface area contributed by atoms with Gasteiger partial charge in [0.1, 0.15) is 5.75 Å². The summed E-state index contributed by atoms with van der Waals surface area (Å²) in [5.41, 5.74) is 2.42. The Morgan fingerprint density at radius 3 is 1.63 bits per heavy atom. The third-order valence-electron chi connectivity index (χ3n) is 5.13. The van der Waals surface area contributed by atoms with Crippen molar-refractivity contribution >= 4 is 42.5 Å². The quantitative estimate of drug-likeness (QED) is 0.411. The fourth-order valence-electron chi connectivity index (χ4n) is 3.76. The standard InChI is InChI=1S/C23H23BO2Si/c1-27(2,3)17-14-12-16(13-15-17)22-18-8-4-6-10-20(18)23(26-24-25)21-11-7-5-9-19(21)22/h4-15,24-25H,1-3H3. The van der Waals surface area contributed by atoms with Crippen LogP contribution < -0.4 is 9.84 Å². The second-order valence-electron chi connectivity index (χ2n) is 7.90. The van der Waals surface area contributed by atoms with Crippen molar-refractivity contribution in [3.05, 3.63) is 72.8 Å². The SMILES string of the molecule is C[Si](C)(C)c1ccc(-c2c3ccccc3c(OBO)c3ccccc23)cc1. The lowest BCUT2D eigenvalue weighted by atomic mass is 9.91. The van der Waals surface area contributed by atoms with Gasteiger partial charge in [-0.25, -0.2) is 0 Å². The Morgan fingerprint density at radius 1 is 0.704 bits per heavy atom. The minimum Gasteiger partial charge on any atom is -0.538 e. The van der Waals surface area contributed by atoms with E-state index in [0.29, 0.717) is 0 Å². The third kappa shape index (κ3) is 3.16. The minimum atomic E-state index is -1.33. The van der Waals surface area contributed by atoms with Gasteiger partial charge in [-0.1, -0.05) is 97.6 Å². The Bertz CT molecular complexity index is 1060. The van der Waals surface area contributed by atoms with Gasteiger partial charge in [-0.05, 0) is 21.9 Å². The highest BCUT2D eigenvalue weighted by Gasteiger charge is 2.18. The first-order chi connectivity index (χ1) is 13.0. The normalized spacial score (nSPS) is 11.7. The molecule has 27 heavy (non-hydrogen) atoms. The van der Waals surface area contributed by atoms with E-state index >= 15 is 0 Å². The molecule has 4 aromatic carbocycles. The summed E-state index contributed by atoms with van der Waals surface area (Å²) in [7, 11) is -1.67. The average Bonchev–Trinajstić information content (AvgIpc) is 2.67. The molecule has 0 unspecified atom stereocenters. The first-order valence-electron chi connectivity index (χ1n) is 9.29. The summed E-state index contributed by atoms with van der Waals surface area (Å²) in [4.78, 5) is 0. The second kappa shape index (κ2) is 6.87. The predicted molar refractivity (Wildman–Crippen MR) is 120 cm³/mol. The molecule has 0 atom stereocenters. The van der Waals surface area contributed by atoms with Crippen molar-refractivity contribution in [1.82, 2.24) is 0 Å². The van der Waals surface area contributed by atoms with Crippen LogP contribution in [-0.4, -0.2) is 20.8 Å². The van der Waals surface area contributed by atoms with Crippen LogP contribution in [0.15, 0.2) is 72.8 Å². The van der Waals surface area contributed by atoms with Crippen molar-refractivity contribution in [3.8, 4) is 16.9 Å². The molecule has 0 aliphatic carbocycles. The number of benzene rings is 4. The van der Waals surface area contributed by atoms with E-state index in [9.17, 15) is 5.02 Å². The maximum atomic E-state index is 9.41. The van der Waals surface area contributed by atoms with Crippen LogP contribution in [0.1, 0.15) is 0 Å². The molecule has 0 amide bonds. The van der Waals surface area contributed by atoms with Crippen LogP contribution in [0, 0.1) is 0 Å². The lowest BCUT2D eigenvalue weighted by molar-refractivity contribution is 0.459. The minimum absolute atomic E-state index is 0.335. The molecule has 1 N–H and O–H groups in total. The molecule has 0 aliphatic heterocycles. The summed E-state index contributed by atoms with van der Waals surface area (Å²) in [6, 6.07) is 25.6. The van der Waals surface area contributed by atoms with E-state index in [4.69, 9.17) is 4.65 Å². The maximum absolute atomic E-state index is 9.41. The molecule has 0 aromatic heterocycles. The zero-order valence-corrected chi connectivity index (χ0v) is 17.0. The molecular formula is C23H23BO2Si. The van der Waals surface area contributed by atoms with Crippen LogP contribution in [-0.2, 0) is 0 Å². The van der Waals surface area contributed by atoms with E-state index in [0.717, 1.165) is 27.3 Å². The first-order valence-corrected chi connectivity index (χ1v) is 12.8. The lowest BCUT2D eigenvalue weighted by Crippen LogP contribution is -2.37. The summed E-state index contributed by atoms with van der Waals surface area (Å²) < 4.78 is 5.65. The molecule has 2 nitrogen and oxygen atoms in total. The van der Waals surface area contributed by atoms with Gasteiger partial charge in [0.2, 0.25) is 0 Å². The smallest absolute Gasteiger partial charge is 0.504 e. The predicted octanol–water partition coefficient (Wildman–Crippen LogP) is 4.84. The van der Waals surface area contributed by atoms with E-state index in [1.54, 1.807) is 0 Å². The molecule has 0 spiro atoms. The van der Waals surface area contributed by atoms with Crippen LogP contribution in [0.4, 0.5) is 0 Å². The summed E-state index contributed by atoms with van der Waals surface area (Å²) >= 11 is 0. The molecule has 0 bridgehead atoms. The van der Waals surface area contributed by atoms with Gasteiger partial charge in [0, 0.05) is 10.8 Å². The largest absolute Gasteiger partial charge is 0.538 e. The molecule has 0 heterocycles. The highest BCUT2D eigenvalue weighted by atomic mass is 28.3. The molecule has 0 fully saturated rings. The van der Waals surface area contributed by atoms with Crippen molar-refractivity contribution in [2.75, 3.05) is 0 Å². The van der Waals surface area contributed by atoms with Crippen LogP contribution in [0.3, 0.4) is 0 Å². The van der Waals surface area contributed by atoms with E-state index in [1.807, 2.05) is 12.1 Å². The van der Waals surface area contributed by atoms with Crippen molar-refractivity contribution in [3.63, 3.8) is 0 Å². The Morgan fingerprint density at radius 2 is 1.19 bits per heavy atom. The van der Waals surface area contributed by atoms with Crippen molar-refractivity contribution in [2.24, 2.45) is 0 Å². The summed E-state index contributed by atoms with van der Waals surface area (Å²) in [5.74, 6) is 0.742. The highest BCUT2D eigenvalue weighted by molar-refractivity contribution is 6.88. The Labute approximate surface area is 161 Å². The molecule has 4 heteroatoms. The van der Waals surface area contributed by atoms with Crippen molar-refractivity contribution < 1.29 is 9.68 Å². The van der Waals surface area contributed by atoms with Gasteiger partial charge in [0.15, 0.2) is 0 Å². The van der Waals surface area contributed by atoms with Gasteiger partial charge in [0.05, 0.1) is 8.07 Å². The summed E-state index contributed by atoms with van der Waals surface area (Å²) in [6.45, 7) is 7.11. The van der Waals surface area contributed by atoms with E-state index in [-0.39, 0.29) is 7.69 Å². The number of hydrogen-bond acceptors (Lipinski definition) is 2. The van der Waals surface area contributed by atoms with Gasteiger partial charge in [-0.3, -0.25) is 0 Å². The topological polar surface area (TPSA) is 29.5 Å². The number of fused-ring (bicyclic) bond motifs is 2. The Hall–Kier alpha value is -2.56. The molecule has 4 aromatic rings. The van der Waals surface area contributed by atoms with E-state index < -0.39 is 8.07 Å². The molecule has 4 rings (SSSR count). The van der Waals surface area contributed by atoms with Gasteiger partial charge in [-0.15, -0.1) is 0 Å². The fourth-order valence-corrected chi connectivity index (χ4v) is 4.92. The molecule has 0 saturated carbocycles. The molecule has 0 radical (unpaired) electrons. The second-order valence-corrected chi connectivity index (χ2v) is 13.0. The maximum Gasteiger partial charge on any atom is 0.504 e. The third-order valence-corrected chi connectivity index (χ3v) is 7.20. The number of hydrogen-bond donors (Lipinski definition) is 1. The monoisotopic (exact) mass is 370 g/mol. The first kappa shape index (κ1) is 17.8. The zero-order chi connectivity index (χ0) is 19.0. The molecular weight excluding hydrogens is 347 g/mol. The summed E-state index contributed by atoms with van der Waals surface area (Å²) in [6.07, 6.45) is 0. The van der Waals surface area contributed by atoms with Gasteiger partial charge in [-0.2, -0.15) is 0 Å². The van der Waals surface area contributed by atoms with Crippen molar-refractivity contribution in [1.29, 1.82) is 0 Å².